The Labute approximate surface area is 159 Å². The summed E-state index contributed by atoms with van der Waals surface area (Å²) in [6.07, 6.45) is 3.60. The first-order chi connectivity index (χ1) is 12.5. The second-order valence-corrected chi connectivity index (χ2v) is 6.95. The maximum Gasteiger partial charge on any atom is 0.200 e. The third kappa shape index (κ3) is 6.46. The molecule has 2 rings (SSSR count). The molecule has 0 radical (unpaired) electrons. The second kappa shape index (κ2) is 10.3. The lowest BCUT2D eigenvalue weighted by Gasteiger charge is -2.29. The van der Waals surface area contributed by atoms with Crippen molar-refractivity contribution < 1.29 is 14.6 Å². The van der Waals surface area contributed by atoms with Crippen molar-refractivity contribution in [1.82, 2.24) is 9.97 Å². The summed E-state index contributed by atoms with van der Waals surface area (Å²) in [5.41, 5.74) is 1.78. The van der Waals surface area contributed by atoms with Crippen molar-refractivity contribution in [1.29, 1.82) is 0 Å². The van der Waals surface area contributed by atoms with Gasteiger partial charge in [-0.15, -0.1) is 11.3 Å². The topological polar surface area (TPSA) is 64.5 Å². The van der Waals surface area contributed by atoms with Crippen LogP contribution >= 0.6 is 11.3 Å². The van der Waals surface area contributed by atoms with Gasteiger partial charge in [-0.25, -0.2) is 9.97 Å². The summed E-state index contributed by atoms with van der Waals surface area (Å²) >= 11 is 1.38. The van der Waals surface area contributed by atoms with Gasteiger partial charge < -0.3 is 14.6 Å². The molecule has 6 heteroatoms. The van der Waals surface area contributed by atoms with Crippen LogP contribution in [-0.2, 0) is 21.9 Å². The Morgan fingerprint density at radius 1 is 1.23 bits per heavy atom. The molecule has 1 aromatic carbocycles. The van der Waals surface area contributed by atoms with Crippen LogP contribution in [-0.4, -0.2) is 27.8 Å². The van der Waals surface area contributed by atoms with Gasteiger partial charge in [0, 0.05) is 6.20 Å². The quantitative estimate of drug-likeness (QED) is 0.703. The standard InChI is InChI=1S/C20H26N2O3S/c1-4-18(14-24-13-17-9-6-5-7-10-17)25-20(3,23)19-16(2)22-15-21-11-8-12-26-19/h5-12,15,18,23H,4,13-14H2,1-3H3. The summed E-state index contributed by atoms with van der Waals surface area (Å²) in [6, 6.07) is 11.8. The first-order valence-corrected chi connectivity index (χ1v) is 9.51. The van der Waals surface area contributed by atoms with Crippen LogP contribution in [0.2, 0.25) is 0 Å². The molecule has 0 saturated heterocycles. The predicted molar refractivity (Wildman–Crippen MR) is 103 cm³/mol. The van der Waals surface area contributed by atoms with E-state index in [0.29, 0.717) is 23.8 Å². The molecule has 0 amide bonds. The molecule has 0 bridgehead atoms. The first-order valence-electron chi connectivity index (χ1n) is 8.63. The van der Waals surface area contributed by atoms with E-state index in [9.17, 15) is 5.11 Å². The van der Waals surface area contributed by atoms with Crippen LogP contribution in [0.3, 0.4) is 0 Å². The fourth-order valence-corrected chi connectivity index (χ4v) is 3.21. The van der Waals surface area contributed by atoms with Gasteiger partial charge in [0.25, 0.3) is 0 Å². The summed E-state index contributed by atoms with van der Waals surface area (Å²) in [5, 5.41) is 12.8. The molecule has 26 heavy (non-hydrogen) atoms. The number of aromatic nitrogens is 2. The average molecular weight is 375 g/mol. The van der Waals surface area contributed by atoms with Gasteiger partial charge >= 0.3 is 0 Å². The van der Waals surface area contributed by atoms with Crippen molar-refractivity contribution in [3.8, 4) is 0 Å². The van der Waals surface area contributed by atoms with E-state index in [1.807, 2.05) is 49.6 Å². The summed E-state index contributed by atoms with van der Waals surface area (Å²) in [6.45, 7) is 6.40. The Hall–Kier alpha value is -1.86. The summed E-state index contributed by atoms with van der Waals surface area (Å²) in [4.78, 5) is 8.90. The Morgan fingerprint density at radius 3 is 2.73 bits per heavy atom. The van der Waals surface area contributed by atoms with Crippen LogP contribution in [0, 0.1) is 6.92 Å². The zero-order valence-electron chi connectivity index (χ0n) is 15.5. The predicted octanol–water partition coefficient (Wildman–Crippen LogP) is 4.15. The van der Waals surface area contributed by atoms with Gasteiger partial charge in [0.05, 0.1) is 29.9 Å². The van der Waals surface area contributed by atoms with Crippen molar-refractivity contribution in [3.05, 3.63) is 70.4 Å². The minimum absolute atomic E-state index is 0.230. The maximum absolute atomic E-state index is 10.9. The monoisotopic (exact) mass is 374 g/mol. The fourth-order valence-electron chi connectivity index (χ4n) is 2.44. The van der Waals surface area contributed by atoms with E-state index in [4.69, 9.17) is 9.47 Å². The number of aliphatic hydroxyl groups is 1. The lowest BCUT2D eigenvalue weighted by molar-refractivity contribution is -0.235. The molecular weight excluding hydrogens is 348 g/mol. The minimum Gasteiger partial charge on any atom is -0.374 e. The Balaban J connectivity index is 2.05. The number of benzene rings is 1. The van der Waals surface area contributed by atoms with E-state index in [1.54, 1.807) is 19.2 Å². The molecule has 0 fully saturated rings. The normalized spacial score (nSPS) is 14.3. The van der Waals surface area contributed by atoms with Crippen molar-refractivity contribution in [2.45, 2.75) is 45.7 Å². The smallest absolute Gasteiger partial charge is 0.200 e. The first kappa shape index (κ1) is 20.5. The summed E-state index contributed by atoms with van der Waals surface area (Å²) in [7, 11) is 0. The molecule has 0 aliphatic carbocycles. The van der Waals surface area contributed by atoms with Crippen LogP contribution in [0.4, 0.5) is 0 Å². The lowest BCUT2D eigenvalue weighted by atomic mass is 10.2. The number of aryl methyl sites for hydroxylation is 1. The average Bonchev–Trinajstić information content (AvgIpc) is 2.74. The van der Waals surface area contributed by atoms with Gasteiger partial charge in [0.1, 0.15) is 6.33 Å². The van der Waals surface area contributed by atoms with Gasteiger partial charge in [0.2, 0.25) is 5.79 Å². The summed E-state index contributed by atoms with van der Waals surface area (Å²) in [5.74, 6) is -1.46. The molecule has 0 saturated carbocycles. The molecule has 2 aromatic rings. The molecular formula is C20H26N2O3S. The number of ether oxygens (including phenoxy) is 2. The van der Waals surface area contributed by atoms with Crippen LogP contribution in [0.5, 0.6) is 0 Å². The van der Waals surface area contributed by atoms with Crippen molar-refractivity contribution in [2.75, 3.05) is 6.61 Å². The van der Waals surface area contributed by atoms with E-state index < -0.39 is 5.79 Å². The molecule has 0 spiro atoms. The van der Waals surface area contributed by atoms with Crippen molar-refractivity contribution in [2.24, 2.45) is 0 Å². The third-order valence-electron chi connectivity index (χ3n) is 3.77. The zero-order chi connectivity index (χ0) is 18.8. The highest BCUT2D eigenvalue weighted by Crippen LogP contribution is 2.28. The number of nitrogens with zero attached hydrogens (tertiary/aromatic N) is 2. The number of hydrogen-bond donors (Lipinski definition) is 1. The van der Waals surface area contributed by atoms with Crippen molar-refractivity contribution >= 4 is 11.3 Å². The molecule has 2 atom stereocenters. The SMILES string of the molecule is CCC(COCc1ccccc1)OC(C)(O)c1scccncnc1C. The molecule has 1 N–H and O–H groups in total. The Bertz CT molecular complexity index is 718. The van der Waals surface area contributed by atoms with Gasteiger partial charge in [0.15, 0.2) is 0 Å². The van der Waals surface area contributed by atoms with E-state index in [-0.39, 0.29) is 6.10 Å². The van der Waals surface area contributed by atoms with Crippen LogP contribution in [0.25, 0.3) is 0 Å². The maximum atomic E-state index is 10.9. The Kier molecular flexibility index (Phi) is 8.12. The molecule has 0 aliphatic rings. The van der Waals surface area contributed by atoms with Crippen LogP contribution in [0.1, 0.15) is 36.4 Å². The van der Waals surface area contributed by atoms with E-state index in [1.165, 1.54) is 17.7 Å². The van der Waals surface area contributed by atoms with Gasteiger partial charge in [-0.3, -0.25) is 0 Å². The highest BCUT2D eigenvalue weighted by Gasteiger charge is 2.30. The molecule has 1 heterocycles. The van der Waals surface area contributed by atoms with Crippen LogP contribution < -0.4 is 0 Å². The minimum atomic E-state index is -1.46. The van der Waals surface area contributed by atoms with Crippen LogP contribution in [0.15, 0.2) is 54.3 Å². The lowest BCUT2D eigenvalue weighted by Crippen LogP contribution is -2.33. The van der Waals surface area contributed by atoms with Gasteiger partial charge in [-0.1, -0.05) is 37.3 Å². The van der Waals surface area contributed by atoms with E-state index in [0.717, 1.165) is 12.0 Å². The number of rotatable bonds is 8. The zero-order valence-corrected chi connectivity index (χ0v) is 16.3. The second-order valence-electron chi connectivity index (χ2n) is 6.04. The molecule has 1 aromatic heterocycles. The van der Waals surface area contributed by atoms with Crippen molar-refractivity contribution in [3.63, 3.8) is 0 Å². The number of hydrogen-bond acceptors (Lipinski definition) is 6. The van der Waals surface area contributed by atoms with E-state index >= 15 is 0 Å². The van der Waals surface area contributed by atoms with Gasteiger partial charge in [-0.2, -0.15) is 0 Å². The van der Waals surface area contributed by atoms with Gasteiger partial charge in [-0.05, 0) is 37.3 Å². The largest absolute Gasteiger partial charge is 0.374 e. The molecule has 2 unspecified atom stereocenters. The van der Waals surface area contributed by atoms with E-state index in [2.05, 4.69) is 9.97 Å². The molecule has 5 nitrogen and oxygen atoms in total. The highest BCUT2D eigenvalue weighted by atomic mass is 32.1. The molecule has 0 aliphatic heterocycles. The summed E-state index contributed by atoms with van der Waals surface area (Å²) < 4.78 is 11.8. The highest BCUT2D eigenvalue weighted by molar-refractivity contribution is 7.09. The fraction of sp³-hybridized carbons (Fsp3) is 0.400. The molecule has 140 valence electrons. The Morgan fingerprint density at radius 2 is 2.00 bits per heavy atom. The third-order valence-corrected chi connectivity index (χ3v) is 4.97.